The van der Waals surface area contributed by atoms with Gasteiger partial charge in [-0.15, -0.1) is 0 Å². The van der Waals surface area contributed by atoms with Crippen molar-refractivity contribution in [2.24, 2.45) is 5.73 Å². The maximum Gasteiger partial charge on any atom is 0.251 e. The molecular formula is C11H13N2+. The van der Waals surface area contributed by atoms with Gasteiger partial charge in [0, 0.05) is 0 Å². The summed E-state index contributed by atoms with van der Waals surface area (Å²) in [5.74, 6) is 0.890. The number of amidine groups is 1. The topological polar surface area (TPSA) is 29.0 Å². The van der Waals surface area contributed by atoms with Gasteiger partial charge in [0.15, 0.2) is 0 Å². The van der Waals surface area contributed by atoms with Gasteiger partial charge in [-0.25, -0.2) is 4.58 Å². The largest absolute Gasteiger partial charge is 0.290 e. The van der Waals surface area contributed by atoms with Gasteiger partial charge in [0.2, 0.25) is 0 Å². The van der Waals surface area contributed by atoms with Crippen LogP contribution in [0.4, 0.5) is 0 Å². The Labute approximate surface area is 78.0 Å². The fourth-order valence-electron chi connectivity index (χ4n) is 1.47. The standard InChI is InChI=1S/C11H12N2/c1-13-7-6-9-4-2-3-5-10(9)8-11(13)12/h2-7,12H,8H2,1H3/p+1. The molecule has 2 N–H and O–H groups in total. The Kier molecular flexibility index (Phi) is 1.89. The quantitative estimate of drug-likeness (QED) is 0.587. The summed E-state index contributed by atoms with van der Waals surface area (Å²) in [4.78, 5) is 0. The molecule has 1 aliphatic rings. The van der Waals surface area contributed by atoms with E-state index in [1.54, 1.807) is 0 Å². The van der Waals surface area contributed by atoms with Crippen molar-refractivity contribution in [3.05, 3.63) is 41.6 Å². The van der Waals surface area contributed by atoms with Crippen LogP contribution in [0, 0.1) is 0 Å². The average Bonchev–Trinajstić information content (AvgIpc) is 2.28. The van der Waals surface area contributed by atoms with Gasteiger partial charge in [-0.1, -0.05) is 24.3 Å². The number of rotatable bonds is 0. The van der Waals surface area contributed by atoms with E-state index in [0.29, 0.717) is 0 Å². The van der Waals surface area contributed by atoms with Crippen LogP contribution in [0.2, 0.25) is 0 Å². The van der Waals surface area contributed by atoms with E-state index in [9.17, 15) is 0 Å². The van der Waals surface area contributed by atoms with Crippen LogP contribution in [0.3, 0.4) is 0 Å². The van der Waals surface area contributed by atoms with Crippen LogP contribution in [0.5, 0.6) is 0 Å². The third-order valence-electron chi connectivity index (χ3n) is 2.36. The van der Waals surface area contributed by atoms with Crippen LogP contribution < -0.4 is 5.73 Å². The molecular weight excluding hydrogens is 160 g/mol. The lowest BCUT2D eigenvalue weighted by Gasteiger charge is -1.99. The van der Waals surface area contributed by atoms with Crippen LogP contribution in [-0.4, -0.2) is 17.5 Å². The van der Waals surface area contributed by atoms with Crippen LogP contribution in [0.1, 0.15) is 11.1 Å². The Hall–Kier alpha value is -1.57. The maximum atomic E-state index is 5.88. The van der Waals surface area contributed by atoms with Crippen LogP contribution in [-0.2, 0) is 6.42 Å². The van der Waals surface area contributed by atoms with Crippen molar-refractivity contribution in [2.75, 3.05) is 7.05 Å². The molecule has 0 aromatic heterocycles. The summed E-state index contributed by atoms with van der Waals surface area (Å²) in [6.45, 7) is 0. The van der Waals surface area contributed by atoms with Crippen molar-refractivity contribution < 1.29 is 4.58 Å². The van der Waals surface area contributed by atoms with Gasteiger partial charge in [0.05, 0.1) is 19.7 Å². The van der Waals surface area contributed by atoms with Crippen LogP contribution >= 0.6 is 0 Å². The molecule has 1 aliphatic heterocycles. The molecule has 0 radical (unpaired) electrons. The van der Waals surface area contributed by atoms with Gasteiger partial charge >= 0.3 is 0 Å². The van der Waals surface area contributed by atoms with Crippen molar-refractivity contribution in [2.45, 2.75) is 6.42 Å². The van der Waals surface area contributed by atoms with Gasteiger partial charge in [-0.05, 0) is 17.2 Å². The van der Waals surface area contributed by atoms with Gasteiger partial charge in [0.25, 0.3) is 5.84 Å². The summed E-state index contributed by atoms with van der Waals surface area (Å²) < 4.78 is 1.96. The minimum atomic E-state index is 0.833. The van der Waals surface area contributed by atoms with Gasteiger partial charge in [-0.3, -0.25) is 5.73 Å². The van der Waals surface area contributed by atoms with E-state index >= 15 is 0 Å². The second kappa shape index (κ2) is 3.05. The normalized spacial score (nSPS) is 15.5. The Balaban J connectivity index is 2.51. The van der Waals surface area contributed by atoms with E-state index in [2.05, 4.69) is 18.2 Å². The molecule has 0 atom stereocenters. The highest BCUT2D eigenvalue weighted by molar-refractivity contribution is 5.80. The number of nitrogens with zero attached hydrogens (tertiary/aromatic N) is 1. The summed E-state index contributed by atoms with van der Waals surface area (Å²) >= 11 is 0. The summed E-state index contributed by atoms with van der Waals surface area (Å²) in [5, 5.41) is 0. The molecule has 0 unspecified atom stereocenters. The summed E-state index contributed by atoms with van der Waals surface area (Å²) in [6.07, 6.45) is 4.93. The van der Waals surface area contributed by atoms with E-state index in [-0.39, 0.29) is 0 Å². The van der Waals surface area contributed by atoms with E-state index in [0.717, 1.165) is 12.3 Å². The molecule has 2 heteroatoms. The van der Waals surface area contributed by atoms with Crippen molar-refractivity contribution in [3.8, 4) is 0 Å². The van der Waals surface area contributed by atoms with E-state index in [1.165, 1.54) is 11.1 Å². The number of hydrogen-bond acceptors (Lipinski definition) is 1. The molecule has 1 heterocycles. The Bertz CT molecular complexity index is 389. The second-order valence-electron chi connectivity index (χ2n) is 3.29. The maximum absolute atomic E-state index is 5.88. The molecule has 0 amide bonds. The predicted octanol–water partition coefficient (Wildman–Crippen LogP) is 1.21. The number of hydrogen-bond donors (Lipinski definition) is 1. The van der Waals surface area contributed by atoms with Gasteiger partial charge in [-0.2, -0.15) is 0 Å². The van der Waals surface area contributed by atoms with E-state index < -0.39 is 0 Å². The van der Waals surface area contributed by atoms with Crippen LogP contribution in [0.25, 0.3) is 6.08 Å². The Morgan fingerprint density at radius 2 is 2.08 bits per heavy atom. The third-order valence-corrected chi connectivity index (χ3v) is 2.36. The molecule has 1 aromatic carbocycles. The summed E-state index contributed by atoms with van der Waals surface area (Å²) in [5.41, 5.74) is 8.44. The lowest BCUT2D eigenvalue weighted by Crippen LogP contribution is -2.23. The predicted molar refractivity (Wildman–Crippen MR) is 54.6 cm³/mol. The van der Waals surface area contributed by atoms with E-state index in [4.69, 9.17) is 5.73 Å². The number of benzene rings is 1. The van der Waals surface area contributed by atoms with E-state index in [1.807, 2.05) is 30.0 Å². The molecule has 1 aromatic rings. The van der Waals surface area contributed by atoms with Crippen molar-refractivity contribution in [3.63, 3.8) is 0 Å². The smallest absolute Gasteiger partial charge is 0.251 e. The first-order valence-electron chi connectivity index (χ1n) is 4.37. The van der Waals surface area contributed by atoms with Gasteiger partial charge in [0.1, 0.15) is 0 Å². The molecule has 13 heavy (non-hydrogen) atoms. The molecule has 0 bridgehead atoms. The third kappa shape index (κ3) is 1.47. The zero-order valence-corrected chi connectivity index (χ0v) is 7.70. The van der Waals surface area contributed by atoms with Crippen molar-refractivity contribution in [1.29, 1.82) is 0 Å². The molecule has 66 valence electrons. The zero-order chi connectivity index (χ0) is 9.26. The number of nitrogens with two attached hydrogens (primary N) is 1. The first kappa shape index (κ1) is 8.05. The lowest BCUT2D eigenvalue weighted by atomic mass is 10.1. The average molecular weight is 173 g/mol. The summed E-state index contributed by atoms with van der Waals surface area (Å²) in [7, 11) is 1.97. The van der Waals surface area contributed by atoms with Gasteiger partial charge < -0.3 is 0 Å². The molecule has 0 aliphatic carbocycles. The highest BCUT2D eigenvalue weighted by Gasteiger charge is 2.10. The highest BCUT2D eigenvalue weighted by atomic mass is 15.0. The SMILES string of the molecule is C[N+]1=C(N)Cc2ccccc2C=C1. The van der Waals surface area contributed by atoms with Crippen molar-refractivity contribution >= 4 is 11.9 Å². The Morgan fingerprint density at radius 3 is 2.92 bits per heavy atom. The first-order chi connectivity index (χ1) is 6.27. The minimum Gasteiger partial charge on any atom is -0.290 e. The lowest BCUT2D eigenvalue weighted by molar-refractivity contribution is -0.422. The fraction of sp³-hybridized carbons (Fsp3) is 0.182. The molecule has 0 saturated carbocycles. The van der Waals surface area contributed by atoms with Crippen LogP contribution in [0.15, 0.2) is 30.5 Å². The monoisotopic (exact) mass is 173 g/mol. The number of fused-ring (bicyclic) bond motifs is 1. The first-order valence-corrected chi connectivity index (χ1v) is 4.37. The Morgan fingerprint density at radius 1 is 1.31 bits per heavy atom. The summed E-state index contributed by atoms with van der Waals surface area (Å²) in [6, 6.07) is 8.32. The fourth-order valence-corrected chi connectivity index (χ4v) is 1.47. The zero-order valence-electron chi connectivity index (χ0n) is 7.70. The minimum absolute atomic E-state index is 0.833. The highest BCUT2D eigenvalue weighted by Crippen LogP contribution is 2.13. The second-order valence-corrected chi connectivity index (χ2v) is 3.29. The molecule has 0 fully saturated rings. The molecule has 0 saturated heterocycles. The molecule has 2 nitrogen and oxygen atoms in total. The van der Waals surface area contributed by atoms with Crippen molar-refractivity contribution in [1.82, 2.24) is 0 Å². The molecule has 0 spiro atoms. The molecule has 2 rings (SSSR count).